The average molecular weight is 352 g/mol. The Morgan fingerprint density at radius 3 is 3.00 bits per heavy atom. The maximum atomic E-state index is 12.4. The lowest BCUT2D eigenvalue weighted by atomic mass is 9.89. The fourth-order valence-corrected chi connectivity index (χ4v) is 4.28. The number of allylic oxidation sites excluding steroid dienone is 1. The van der Waals surface area contributed by atoms with Gasteiger partial charge in [0.1, 0.15) is 5.65 Å². The molecule has 26 heavy (non-hydrogen) atoms. The van der Waals surface area contributed by atoms with Crippen molar-refractivity contribution in [1.29, 1.82) is 0 Å². The predicted octanol–water partition coefficient (Wildman–Crippen LogP) is 4.34. The van der Waals surface area contributed by atoms with Gasteiger partial charge in [-0.1, -0.05) is 11.6 Å². The number of H-pyrrole nitrogens is 1. The molecular weight excluding hydrogens is 324 g/mol. The summed E-state index contributed by atoms with van der Waals surface area (Å²) in [7, 11) is 0. The Balaban J connectivity index is 1.26. The summed E-state index contributed by atoms with van der Waals surface area (Å²) in [4.78, 5) is 22.0. The first-order valence-electron chi connectivity index (χ1n) is 9.94. The Morgan fingerprint density at radius 1 is 1.31 bits per heavy atom. The number of nitrogens with zero attached hydrogens (tertiary/aromatic N) is 2. The molecule has 5 heteroatoms. The van der Waals surface area contributed by atoms with Gasteiger partial charge in [-0.25, -0.2) is 9.78 Å². The Hall–Kier alpha value is -2.30. The number of pyridine rings is 1. The van der Waals surface area contributed by atoms with Crippen molar-refractivity contribution in [2.75, 3.05) is 19.6 Å². The van der Waals surface area contributed by atoms with E-state index in [1.807, 2.05) is 17.2 Å². The lowest BCUT2D eigenvalue weighted by Crippen LogP contribution is -2.44. The van der Waals surface area contributed by atoms with Crippen LogP contribution in [0.2, 0.25) is 0 Å². The van der Waals surface area contributed by atoms with E-state index >= 15 is 0 Å². The molecule has 0 radical (unpaired) electrons. The molecule has 138 valence electrons. The molecule has 0 spiro atoms. The van der Waals surface area contributed by atoms with Crippen molar-refractivity contribution in [3.05, 3.63) is 41.7 Å². The molecule has 0 atom stereocenters. The summed E-state index contributed by atoms with van der Waals surface area (Å²) in [5.74, 6) is 0.504. The molecular formula is C21H28N4O. The fraction of sp³-hybridized carbons (Fsp3) is 0.524. The number of nitrogens with one attached hydrogen (secondary N) is 2. The highest BCUT2D eigenvalue weighted by atomic mass is 16.2. The summed E-state index contributed by atoms with van der Waals surface area (Å²) in [6, 6.07) is 4.22. The molecule has 0 saturated carbocycles. The van der Waals surface area contributed by atoms with Gasteiger partial charge in [-0.05, 0) is 68.6 Å². The standard InChI is InChI=1S/C21H28N4O/c26-21(23-12-8-16-5-2-1-3-6-16)25-13-9-17(10-14-25)19-15-24-20-18(19)7-4-11-22-20/h4-5,7,11,15,17H,1-3,6,8-10,12-14H2,(H,22,24)(H,23,26). The number of urea groups is 1. The molecule has 5 nitrogen and oxygen atoms in total. The fourth-order valence-electron chi connectivity index (χ4n) is 4.28. The van der Waals surface area contributed by atoms with Crippen LogP contribution in [0, 0.1) is 0 Å². The number of hydrogen-bond donors (Lipinski definition) is 2. The summed E-state index contributed by atoms with van der Waals surface area (Å²) in [5.41, 5.74) is 3.82. The van der Waals surface area contributed by atoms with Crippen LogP contribution in [0.5, 0.6) is 0 Å². The van der Waals surface area contributed by atoms with E-state index in [4.69, 9.17) is 0 Å². The molecule has 0 bridgehead atoms. The normalized spacial score (nSPS) is 18.8. The molecule has 1 aliphatic carbocycles. The Labute approximate surface area is 154 Å². The number of amides is 2. The van der Waals surface area contributed by atoms with Gasteiger partial charge in [0.05, 0.1) is 0 Å². The van der Waals surface area contributed by atoms with Crippen LogP contribution < -0.4 is 5.32 Å². The van der Waals surface area contributed by atoms with Gasteiger partial charge in [-0.3, -0.25) is 0 Å². The number of fused-ring (bicyclic) bond motifs is 1. The summed E-state index contributed by atoms with van der Waals surface area (Å²) in [6.07, 6.45) is 14.3. The van der Waals surface area contributed by atoms with E-state index in [1.165, 1.54) is 42.2 Å². The van der Waals surface area contributed by atoms with E-state index in [0.717, 1.165) is 44.5 Å². The van der Waals surface area contributed by atoms with Crippen LogP contribution in [0.15, 0.2) is 36.2 Å². The summed E-state index contributed by atoms with van der Waals surface area (Å²) >= 11 is 0. The Bertz CT molecular complexity index is 786. The minimum Gasteiger partial charge on any atom is -0.346 e. The second-order valence-corrected chi connectivity index (χ2v) is 7.49. The Morgan fingerprint density at radius 2 is 2.19 bits per heavy atom. The third-order valence-corrected chi connectivity index (χ3v) is 5.81. The topological polar surface area (TPSA) is 61.0 Å². The number of carbonyl (C=O) groups is 1. The third kappa shape index (κ3) is 3.76. The average Bonchev–Trinajstić information content (AvgIpc) is 3.13. The van der Waals surface area contributed by atoms with Crippen LogP contribution in [0.3, 0.4) is 0 Å². The molecule has 2 N–H and O–H groups in total. The summed E-state index contributed by atoms with van der Waals surface area (Å²) in [6.45, 7) is 2.41. The summed E-state index contributed by atoms with van der Waals surface area (Å²) in [5, 5.41) is 4.33. The van der Waals surface area contributed by atoms with Crippen LogP contribution in [0.1, 0.15) is 56.4 Å². The molecule has 1 saturated heterocycles. The summed E-state index contributed by atoms with van der Waals surface area (Å²) < 4.78 is 0. The van der Waals surface area contributed by atoms with Gasteiger partial charge >= 0.3 is 6.03 Å². The third-order valence-electron chi connectivity index (χ3n) is 5.81. The number of likely N-dealkylation sites (tertiary alicyclic amines) is 1. The van der Waals surface area contributed by atoms with E-state index in [-0.39, 0.29) is 6.03 Å². The molecule has 0 unspecified atom stereocenters. The quantitative estimate of drug-likeness (QED) is 0.804. The smallest absolute Gasteiger partial charge is 0.317 e. The van der Waals surface area contributed by atoms with E-state index in [2.05, 4.69) is 33.6 Å². The number of hydrogen-bond acceptors (Lipinski definition) is 2. The van der Waals surface area contributed by atoms with Crippen LogP contribution in [-0.2, 0) is 0 Å². The monoisotopic (exact) mass is 352 g/mol. The molecule has 3 heterocycles. The zero-order chi connectivity index (χ0) is 17.8. The lowest BCUT2D eigenvalue weighted by molar-refractivity contribution is 0.181. The SMILES string of the molecule is O=C(NCCC1=CCCCC1)N1CCC(c2c[nH]c3ncccc23)CC1. The van der Waals surface area contributed by atoms with Gasteiger partial charge < -0.3 is 15.2 Å². The molecule has 4 rings (SSSR count). The van der Waals surface area contributed by atoms with Gasteiger partial charge in [0.2, 0.25) is 0 Å². The van der Waals surface area contributed by atoms with Crippen molar-refractivity contribution in [3.8, 4) is 0 Å². The largest absolute Gasteiger partial charge is 0.346 e. The minimum atomic E-state index is 0.0976. The van der Waals surface area contributed by atoms with Crippen molar-refractivity contribution in [1.82, 2.24) is 20.2 Å². The van der Waals surface area contributed by atoms with Crippen LogP contribution in [0.4, 0.5) is 4.79 Å². The van der Waals surface area contributed by atoms with Crippen molar-refractivity contribution in [2.24, 2.45) is 0 Å². The first-order valence-corrected chi connectivity index (χ1v) is 9.94. The predicted molar refractivity (Wildman–Crippen MR) is 104 cm³/mol. The van der Waals surface area contributed by atoms with Gasteiger partial charge in [-0.2, -0.15) is 0 Å². The van der Waals surface area contributed by atoms with E-state index in [1.54, 1.807) is 0 Å². The van der Waals surface area contributed by atoms with Gasteiger partial charge in [-0.15, -0.1) is 0 Å². The zero-order valence-electron chi connectivity index (χ0n) is 15.3. The number of piperidine rings is 1. The molecule has 2 aromatic rings. The molecule has 2 amide bonds. The van der Waals surface area contributed by atoms with E-state index in [9.17, 15) is 4.79 Å². The highest BCUT2D eigenvalue weighted by molar-refractivity contribution is 5.80. The van der Waals surface area contributed by atoms with Crippen molar-refractivity contribution < 1.29 is 4.79 Å². The number of carbonyl (C=O) groups excluding carboxylic acids is 1. The molecule has 2 aromatic heterocycles. The van der Waals surface area contributed by atoms with Crippen molar-refractivity contribution in [3.63, 3.8) is 0 Å². The van der Waals surface area contributed by atoms with Crippen LogP contribution in [-0.4, -0.2) is 40.5 Å². The number of aromatic nitrogens is 2. The highest BCUT2D eigenvalue weighted by Gasteiger charge is 2.25. The first-order chi connectivity index (χ1) is 12.8. The van der Waals surface area contributed by atoms with Crippen LogP contribution >= 0.6 is 0 Å². The molecule has 1 aliphatic heterocycles. The number of rotatable bonds is 4. The second-order valence-electron chi connectivity index (χ2n) is 7.49. The first kappa shape index (κ1) is 17.1. The number of aromatic amines is 1. The highest BCUT2D eigenvalue weighted by Crippen LogP contribution is 2.32. The Kier molecular flexibility index (Phi) is 5.23. The van der Waals surface area contributed by atoms with E-state index in [0.29, 0.717) is 5.92 Å². The van der Waals surface area contributed by atoms with Gasteiger partial charge in [0, 0.05) is 37.4 Å². The molecule has 2 aliphatic rings. The maximum absolute atomic E-state index is 12.4. The maximum Gasteiger partial charge on any atom is 0.317 e. The van der Waals surface area contributed by atoms with E-state index < -0.39 is 0 Å². The van der Waals surface area contributed by atoms with Crippen LogP contribution in [0.25, 0.3) is 11.0 Å². The second kappa shape index (κ2) is 7.94. The van der Waals surface area contributed by atoms with Gasteiger partial charge in [0.15, 0.2) is 0 Å². The zero-order valence-corrected chi connectivity index (χ0v) is 15.3. The molecule has 1 fully saturated rings. The van der Waals surface area contributed by atoms with Gasteiger partial charge in [0.25, 0.3) is 0 Å². The van der Waals surface area contributed by atoms with Crippen molar-refractivity contribution in [2.45, 2.75) is 50.9 Å². The minimum absolute atomic E-state index is 0.0976. The lowest BCUT2D eigenvalue weighted by Gasteiger charge is -2.32. The molecule has 0 aromatic carbocycles. The van der Waals surface area contributed by atoms with Crippen molar-refractivity contribution >= 4 is 17.1 Å².